The predicted molar refractivity (Wildman–Crippen MR) is 86.3 cm³/mol. The lowest BCUT2D eigenvalue weighted by molar-refractivity contribution is -0.116. The van der Waals surface area contributed by atoms with Gasteiger partial charge in [0, 0.05) is 24.1 Å². The minimum atomic E-state index is -0.378. The van der Waals surface area contributed by atoms with Gasteiger partial charge in [-0.05, 0) is 48.9 Å². The van der Waals surface area contributed by atoms with E-state index in [2.05, 4.69) is 5.32 Å². The smallest absolute Gasteiger partial charge is 0.224 e. The Morgan fingerprint density at radius 3 is 2.39 bits per heavy atom. The van der Waals surface area contributed by atoms with E-state index in [9.17, 15) is 14.0 Å². The first-order valence-corrected chi connectivity index (χ1v) is 7.23. The van der Waals surface area contributed by atoms with Crippen LogP contribution in [0.3, 0.4) is 0 Å². The molecule has 0 bridgehead atoms. The molecule has 1 N–H and O–H groups in total. The molecule has 0 saturated carbocycles. The van der Waals surface area contributed by atoms with Crippen LogP contribution in [0.4, 0.5) is 10.1 Å². The molecule has 1 amide bonds. The Hall–Kier alpha value is -2.69. The van der Waals surface area contributed by atoms with Crippen molar-refractivity contribution in [2.24, 2.45) is 0 Å². The molecular weight excluding hydrogens is 297 g/mol. The molecule has 4 nitrogen and oxygen atoms in total. The van der Waals surface area contributed by atoms with E-state index in [-0.39, 0.29) is 30.3 Å². The van der Waals surface area contributed by atoms with Crippen molar-refractivity contribution in [1.29, 1.82) is 0 Å². The highest BCUT2D eigenvalue weighted by molar-refractivity contribution is 6.00. The van der Waals surface area contributed by atoms with Gasteiger partial charge in [-0.3, -0.25) is 9.59 Å². The minimum Gasteiger partial charge on any atom is -0.497 e. The molecule has 2 aromatic carbocycles. The number of halogens is 1. The molecule has 0 aliphatic carbocycles. The summed E-state index contributed by atoms with van der Waals surface area (Å²) in [5.41, 5.74) is 1.42. The van der Waals surface area contributed by atoms with E-state index in [0.717, 1.165) is 0 Å². The summed E-state index contributed by atoms with van der Waals surface area (Å²) in [6.07, 6.45) is 0.132. The second kappa shape index (κ2) is 7.54. The lowest BCUT2D eigenvalue weighted by Gasteiger charge is -2.06. The summed E-state index contributed by atoms with van der Waals surface area (Å²) in [6.45, 7) is 1.65. The Morgan fingerprint density at radius 2 is 1.78 bits per heavy atom. The monoisotopic (exact) mass is 315 g/mol. The molecule has 2 aromatic rings. The van der Waals surface area contributed by atoms with Crippen LogP contribution in [0.25, 0.3) is 0 Å². The molecular formula is C18H18FNO3. The van der Waals surface area contributed by atoms with Crippen LogP contribution in [0.1, 0.15) is 28.8 Å². The molecule has 0 heterocycles. The van der Waals surface area contributed by atoms with Crippen LogP contribution >= 0.6 is 0 Å². The molecule has 0 spiro atoms. The topological polar surface area (TPSA) is 55.4 Å². The van der Waals surface area contributed by atoms with E-state index in [0.29, 0.717) is 22.6 Å². The Balaban J connectivity index is 1.87. The van der Waals surface area contributed by atoms with Gasteiger partial charge in [0.2, 0.25) is 5.91 Å². The van der Waals surface area contributed by atoms with Gasteiger partial charge in [0.15, 0.2) is 5.78 Å². The van der Waals surface area contributed by atoms with Crippen LogP contribution in [0.15, 0.2) is 42.5 Å². The second-order valence-corrected chi connectivity index (χ2v) is 5.16. The minimum absolute atomic E-state index is 0.0420. The van der Waals surface area contributed by atoms with Gasteiger partial charge in [0.05, 0.1) is 7.11 Å². The van der Waals surface area contributed by atoms with Gasteiger partial charge in [-0.15, -0.1) is 0 Å². The molecule has 0 unspecified atom stereocenters. The molecule has 0 saturated heterocycles. The van der Waals surface area contributed by atoms with Crippen molar-refractivity contribution in [3.63, 3.8) is 0 Å². The number of nitrogens with one attached hydrogen (secondary N) is 1. The molecule has 0 fully saturated rings. The number of ketones is 1. The van der Waals surface area contributed by atoms with E-state index in [1.54, 1.807) is 50.4 Å². The molecule has 0 atom stereocenters. The highest BCUT2D eigenvalue weighted by atomic mass is 19.1. The van der Waals surface area contributed by atoms with E-state index in [4.69, 9.17) is 4.74 Å². The first kappa shape index (κ1) is 16.7. The summed E-state index contributed by atoms with van der Waals surface area (Å²) in [5.74, 6) is -0.161. The number of benzene rings is 2. The van der Waals surface area contributed by atoms with Crippen molar-refractivity contribution in [1.82, 2.24) is 0 Å². The third kappa shape index (κ3) is 4.64. The lowest BCUT2D eigenvalue weighted by Crippen LogP contribution is -2.13. The van der Waals surface area contributed by atoms with E-state index < -0.39 is 0 Å². The molecule has 5 heteroatoms. The zero-order chi connectivity index (χ0) is 16.8. The fourth-order valence-corrected chi connectivity index (χ4v) is 2.04. The van der Waals surface area contributed by atoms with Gasteiger partial charge < -0.3 is 10.1 Å². The van der Waals surface area contributed by atoms with Crippen molar-refractivity contribution in [3.8, 4) is 5.75 Å². The van der Waals surface area contributed by atoms with Gasteiger partial charge in [-0.1, -0.05) is 6.07 Å². The van der Waals surface area contributed by atoms with Crippen LogP contribution < -0.4 is 10.1 Å². The SMILES string of the molecule is COc1ccc(C(=O)CCC(=O)Nc2ccc(C)c(F)c2)cc1. The predicted octanol–water partition coefficient (Wildman–Crippen LogP) is 3.74. The van der Waals surface area contributed by atoms with Crippen LogP contribution in [0.2, 0.25) is 0 Å². The number of carbonyl (C=O) groups excluding carboxylic acids is 2. The Morgan fingerprint density at radius 1 is 1.09 bits per heavy atom. The Bertz CT molecular complexity index is 711. The van der Waals surface area contributed by atoms with E-state index in [1.807, 2.05) is 0 Å². The molecule has 0 aliphatic heterocycles. The number of hydrogen-bond donors (Lipinski definition) is 1. The van der Waals surface area contributed by atoms with Crippen molar-refractivity contribution >= 4 is 17.4 Å². The molecule has 0 aliphatic rings. The summed E-state index contributed by atoms with van der Waals surface area (Å²) in [5, 5.41) is 2.58. The maximum Gasteiger partial charge on any atom is 0.224 e. The van der Waals surface area contributed by atoms with Crippen molar-refractivity contribution < 1.29 is 18.7 Å². The highest BCUT2D eigenvalue weighted by Crippen LogP contribution is 2.15. The number of ether oxygens (including phenoxy) is 1. The Kier molecular flexibility index (Phi) is 5.46. The quantitative estimate of drug-likeness (QED) is 0.826. The van der Waals surface area contributed by atoms with E-state index >= 15 is 0 Å². The fourth-order valence-electron chi connectivity index (χ4n) is 2.04. The van der Waals surface area contributed by atoms with Crippen molar-refractivity contribution in [2.45, 2.75) is 19.8 Å². The molecule has 23 heavy (non-hydrogen) atoms. The first-order valence-electron chi connectivity index (χ1n) is 7.23. The molecule has 0 radical (unpaired) electrons. The number of rotatable bonds is 6. The maximum absolute atomic E-state index is 13.4. The van der Waals surface area contributed by atoms with Crippen LogP contribution in [0.5, 0.6) is 5.75 Å². The summed E-state index contributed by atoms with van der Waals surface area (Å²) in [6, 6.07) is 11.2. The molecule has 120 valence electrons. The standard InChI is InChI=1S/C18H18FNO3/c1-12-3-6-14(11-16(12)19)20-18(22)10-9-17(21)13-4-7-15(23-2)8-5-13/h3-8,11H,9-10H2,1-2H3,(H,20,22). The summed E-state index contributed by atoms with van der Waals surface area (Å²) >= 11 is 0. The first-order chi connectivity index (χ1) is 11.0. The number of hydrogen-bond acceptors (Lipinski definition) is 3. The average Bonchev–Trinajstić information content (AvgIpc) is 2.56. The van der Waals surface area contributed by atoms with Crippen LogP contribution in [0, 0.1) is 12.7 Å². The van der Waals surface area contributed by atoms with E-state index in [1.165, 1.54) is 6.07 Å². The summed E-state index contributed by atoms with van der Waals surface area (Å²) in [4.78, 5) is 23.9. The normalized spacial score (nSPS) is 10.2. The number of anilines is 1. The zero-order valence-electron chi connectivity index (χ0n) is 13.1. The number of amides is 1. The highest BCUT2D eigenvalue weighted by Gasteiger charge is 2.10. The van der Waals surface area contributed by atoms with Gasteiger partial charge in [-0.25, -0.2) is 4.39 Å². The number of aryl methyl sites for hydroxylation is 1. The largest absolute Gasteiger partial charge is 0.497 e. The summed E-state index contributed by atoms with van der Waals surface area (Å²) < 4.78 is 18.4. The van der Waals surface area contributed by atoms with Crippen molar-refractivity contribution in [2.75, 3.05) is 12.4 Å². The lowest BCUT2D eigenvalue weighted by atomic mass is 10.1. The fraction of sp³-hybridized carbons (Fsp3) is 0.222. The molecule has 0 aromatic heterocycles. The summed E-state index contributed by atoms with van der Waals surface area (Å²) in [7, 11) is 1.55. The van der Waals surface area contributed by atoms with Crippen LogP contribution in [-0.4, -0.2) is 18.8 Å². The Labute approximate surface area is 134 Å². The number of carbonyl (C=O) groups is 2. The average molecular weight is 315 g/mol. The maximum atomic E-state index is 13.4. The third-order valence-corrected chi connectivity index (χ3v) is 3.45. The van der Waals surface area contributed by atoms with Crippen molar-refractivity contribution in [3.05, 3.63) is 59.4 Å². The van der Waals surface area contributed by atoms with Gasteiger partial charge >= 0.3 is 0 Å². The number of Topliss-reactive ketones (excluding diaryl/α,β-unsaturated/α-hetero) is 1. The number of methoxy groups -OCH3 is 1. The van der Waals surface area contributed by atoms with Gasteiger partial charge in [-0.2, -0.15) is 0 Å². The second-order valence-electron chi connectivity index (χ2n) is 5.16. The zero-order valence-corrected chi connectivity index (χ0v) is 13.1. The molecule has 2 rings (SSSR count). The van der Waals surface area contributed by atoms with Gasteiger partial charge in [0.25, 0.3) is 0 Å². The third-order valence-electron chi connectivity index (χ3n) is 3.45. The van der Waals surface area contributed by atoms with Gasteiger partial charge in [0.1, 0.15) is 11.6 Å². The van der Waals surface area contributed by atoms with Crippen LogP contribution in [-0.2, 0) is 4.79 Å².